The minimum Gasteiger partial charge on any atom is -0.491 e. The molecule has 3 aliphatic rings. The maximum atomic E-state index is 15.5. The monoisotopic (exact) mass is 866 g/mol. The van der Waals surface area contributed by atoms with Crippen molar-refractivity contribution < 1.29 is 34.1 Å². The van der Waals surface area contributed by atoms with E-state index in [1.165, 1.54) is 5.56 Å². The third kappa shape index (κ3) is 8.41. The van der Waals surface area contributed by atoms with Crippen LogP contribution < -0.4 is 15.4 Å². The van der Waals surface area contributed by atoms with Crippen LogP contribution in [-0.2, 0) is 31.1 Å². The van der Waals surface area contributed by atoms with Crippen LogP contribution in [0.2, 0.25) is 0 Å². The molecule has 11 heteroatoms. The molecule has 328 valence electrons. The van der Waals surface area contributed by atoms with Crippen LogP contribution in [0.4, 0.5) is 5.69 Å². The quantitative estimate of drug-likeness (QED) is 0.0742. The number of fused-ring (bicyclic) bond motifs is 3. The van der Waals surface area contributed by atoms with Crippen molar-refractivity contribution in [2.45, 2.75) is 42.3 Å². The summed E-state index contributed by atoms with van der Waals surface area (Å²) in [6, 6.07) is 48.3. The number of carbonyl (C=O) groups excluding carboxylic acids is 3. The number of benzene rings is 6. The molecule has 7 atom stereocenters. The molecule has 0 saturated carbocycles. The highest BCUT2D eigenvalue weighted by Gasteiger charge is 2.74. The Morgan fingerprint density at radius 2 is 1.48 bits per heavy atom. The van der Waals surface area contributed by atoms with Gasteiger partial charge in [0.05, 0.1) is 37.3 Å². The van der Waals surface area contributed by atoms with Crippen molar-refractivity contribution in [2.24, 2.45) is 5.92 Å². The molecule has 0 radical (unpaired) electrons. The Hall–Kier alpha value is -7.07. The molecule has 0 aromatic heterocycles. The van der Waals surface area contributed by atoms with Gasteiger partial charge in [-0.15, -0.1) is 0 Å². The summed E-state index contributed by atoms with van der Waals surface area (Å²) in [6.07, 6.45) is -1.90. The second kappa shape index (κ2) is 19.0. The van der Waals surface area contributed by atoms with Gasteiger partial charge in [-0.25, -0.2) is 0 Å². The largest absolute Gasteiger partial charge is 0.491 e. The number of hydrogen-bond acceptors (Lipinski definition) is 9. The van der Waals surface area contributed by atoms with Crippen molar-refractivity contribution >= 4 is 23.5 Å². The average Bonchev–Trinajstić information content (AvgIpc) is 3.82. The van der Waals surface area contributed by atoms with Crippen LogP contribution in [0.15, 0.2) is 164 Å². The summed E-state index contributed by atoms with van der Waals surface area (Å²) >= 11 is 0. The van der Waals surface area contributed by atoms with Crippen molar-refractivity contribution in [2.75, 3.05) is 38.7 Å². The van der Waals surface area contributed by atoms with E-state index in [2.05, 4.69) is 39.5 Å². The zero-order valence-electron chi connectivity index (χ0n) is 35.9. The van der Waals surface area contributed by atoms with Gasteiger partial charge in [0.1, 0.15) is 29.9 Å². The maximum absolute atomic E-state index is 15.5. The fourth-order valence-corrected chi connectivity index (χ4v) is 9.91. The van der Waals surface area contributed by atoms with Gasteiger partial charge in [0.2, 0.25) is 11.8 Å². The first-order valence-electron chi connectivity index (χ1n) is 21.9. The first-order chi connectivity index (χ1) is 31.8. The molecule has 2 saturated heterocycles. The van der Waals surface area contributed by atoms with Gasteiger partial charge in [0.15, 0.2) is 0 Å². The van der Waals surface area contributed by atoms with Crippen molar-refractivity contribution in [1.29, 1.82) is 0 Å². The van der Waals surface area contributed by atoms with Crippen LogP contribution >= 0.6 is 0 Å². The molecule has 3 heterocycles. The van der Waals surface area contributed by atoms with Gasteiger partial charge in [0.25, 0.3) is 0 Å². The highest BCUT2D eigenvalue weighted by atomic mass is 16.6. The zero-order valence-corrected chi connectivity index (χ0v) is 35.9. The highest BCUT2D eigenvalue weighted by Crippen LogP contribution is 2.64. The predicted octanol–water partition coefficient (Wildman–Crippen LogP) is 6.66. The summed E-state index contributed by atoms with van der Waals surface area (Å²) in [5.74, 6) is 4.06. The van der Waals surface area contributed by atoms with E-state index in [0.717, 1.165) is 11.1 Å². The van der Waals surface area contributed by atoms with Crippen LogP contribution in [-0.4, -0.2) is 77.2 Å². The number of carbonyl (C=O) groups is 3. The molecule has 11 nitrogen and oxygen atoms in total. The molecule has 2 amide bonds. The van der Waals surface area contributed by atoms with E-state index >= 15 is 14.4 Å². The first-order valence-corrected chi connectivity index (χ1v) is 21.9. The van der Waals surface area contributed by atoms with Gasteiger partial charge in [0, 0.05) is 24.3 Å². The van der Waals surface area contributed by atoms with E-state index in [9.17, 15) is 10.2 Å². The van der Waals surface area contributed by atoms with Gasteiger partial charge >= 0.3 is 5.97 Å². The number of cyclic esters (lactones) is 1. The van der Waals surface area contributed by atoms with Crippen LogP contribution in [0, 0.1) is 17.8 Å². The highest BCUT2D eigenvalue weighted by molar-refractivity contribution is 6.12. The SMILES string of the molecule is CN(CC#Cc1ccc2c(c1)[C@]1(C(=O)N2)[C@H](c2ccc(OCCO)cc2)N2[C@H](c3ccccc3)[C@H](c3ccccc3)OC(=O)[C@H]2[C@@H]1C(=O)NC[C@H](O)c1ccccc1)Cc1ccccc1. The van der Waals surface area contributed by atoms with Crippen molar-refractivity contribution in [3.05, 3.63) is 203 Å². The Labute approximate surface area is 378 Å². The standard InChI is InChI=1S/C54H50N4O7/c1-57(35-37-15-6-2-7-16-37)30-14-17-36-24-29-44-43(33-36)54(53(63)56-44)46(51(61)55-34-45(60)38-18-8-3-9-19-38)48-52(62)65-49(40-22-12-5-13-23-40)47(39-20-10-4-11-21-39)58(48)50(54)41-25-27-42(28-26-41)64-32-31-59/h2-13,15-16,18-29,33,45-50,59-60H,30-32,34-35H2,1H3,(H,55,61)(H,56,63)/t45-,46+,47+,48+,49-,50-,54+/m0/s1. The van der Waals surface area contributed by atoms with E-state index in [1.54, 1.807) is 36.4 Å². The van der Waals surface area contributed by atoms with Crippen molar-refractivity contribution in [1.82, 2.24) is 15.1 Å². The molecule has 9 rings (SSSR count). The lowest BCUT2D eigenvalue weighted by atomic mass is 9.65. The predicted molar refractivity (Wildman–Crippen MR) is 246 cm³/mol. The zero-order chi connectivity index (χ0) is 44.9. The minimum atomic E-state index is -1.74. The molecular formula is C54H50N4O7. The third-order valence-electron chi connectivity index (χ3n) is 12.7. The number of nitrogens with one attached hydrogen (secondary N) is 2. The van der Waals surface area contributed by atoms with Crippen LogP contribution in [0.25, 0.3) is 0 Å². The van der Waals surface area contributed by atoms with Crippen LogP contribution in [0.3, 0.4) is 0 Å². The molecule has 0 unspecified atom stereocenters. The summed E-state index contributed by atoms with van der Waals surface area (Å²) in [4.78, 5) is 50.2. The van der Waals surface area contributed by atoms with Crippen molar-refractivity contribution in [3.8, 4) is 17.6 Å². The first kappa shape index (κ1) is 43.2. The lowest BCUT2D eigenvalue weighted by Crippen LogP contribution is -2.55. The summed E-state index contributed by atoms with van der Waals surface area (Å²) in [6.45, 7) is 0.913. The van der Waals surface area contributed by atoms with Gasteiger partial charge in [-0.2, -0.15) is 0 Å². The second-order valence-corrected chi connectivity index (χ2v) is 16.8. The molecule has 0 bridgehead atoms. The topological polar surface area (TPSA) is 141 Å². The number of ether oxygens (including phenoxy) is 2. The fraction of sp³-hybridized carbons (Fsp3) is 0.241. The van der Waals surface area contributed by atoms with E-state index < -0.39 is 59.5 Å². The van der Waals surface area contributed by atoms with Gasteiger partial charge in [-0.1, -0.05) is 145 Å². The van der Waals surface area contributed by atoms with Gasteiger partial charge in [-0.05, 0) is 70.8 Å². The van der Waals surface area contributed by atoms with Gasteiger partial charge < -0.3 is 30.3 Å². The number of morpholine rings is 1. The molecule has 2 fully saturated rings. The number of rotatable bonds is 13. The minimum absolute atomic E-state index is 0.0836. The lowest BCUT2D eigenvalue weighted by molar-refractivity contribution is -0.178. The van der Waals surface area contributed by atoms with E-state index in [4.69, 9.17) is 9.47 Å². The molecule has 6 aromatic carbocycles. The number of amides is 2. The Morgan fingerprint density at radius 3 is 2.15 bits per heavy atom. The lowest BCUT2D eigenvalue weighted by Gasteiger charge is -2.46. The number of nitrogens with zero attached hydrogens (tertiary/aromatic N) is 2. The summed E-state index contributed by atoms with van der Waals surface area (Å²) in [7, 11) is 2.00. The number of aliphatic hydroxyl groups is 2. The smallest absolute Gasteiger partial charge is 0.324 e. The molecule has 6 aromatic rings. The summed E-state index contributed by atoms with van der Waals surface area (Å²) in [5, 5.41) is 27.0. The fourth-order valence-electron chi connectivity index (χ4n) is 9.91. The van der Waals surface area contributed by atoms with Crippen LogP contribution in [0.1, 0.15) is 63.2 Å². The maximum Gasteiger partial charge on any atom is 0.324 e. The van der Waals surface area contributed by atoms with Crippen molar-refractivity contribution in [3.63, 3.8) is 0 Å². The normalized spacial score (nSPS) is 22.6. The Kier molecular flexibility index (Phi) is 12.6. The van der Waals surface area contributed by atoms with Gasteiger partial charge in [-0.3, -0.25) is 24.2 Å². The number of anilines is 1. The number of esters is 1. The Morgan fingerprint density at radius 1 is 0.831 bits per heavy atom. The summed E-state index contributed by atoms with van der Waals surface area (Å²) < 4.78 is 12.3. The van der Waals surface area contributed by atoms with Crippen LogP contribution in [0.5, 0.6) is 5.75 Å². The second-order valence-electron chi connectivity index (χ2n) is 16.8. The van der Waals surface area contributed by atoms with E-state index in [1.807, 2.05) is 127 Å². The number of hydrogen-bond donors (Lipinski definition) is 4. The molecule has 0 aliphatic carbocycles. The molecule has 65 heavy (non-hydrogen) atoms. The summed E-state index contributed by atoms with van der Waals surface area (Å²) in [5.41, 5.74) is 3.90. The van der Waals surface area contributed by atoms with E-state index in [-0.39, 0.29) is 19.8 Å². The average molecular weight is 867 g/mol. The Bertz CT molecular complexity index is 2690. The molecule has 4 N–H and O–H groups in total. The third-order valence-corrected chi connectivity index (χ3v) is 12.7. The Balaban J connectivity index is 1.22. The van der Waals surface area contributed by atoms with E-state index in [0.29, 0.717) is 46.8 Å². The molecule has 3 aliphatic heterocycles. The molecular weight excluding hydrogens is 817 g/mol. The molecule has 1 spiro atoms. The number of aliphatic hydroxyl groups excluding tert-OH is 2.